The molecule has 0 fully saturated rings. The van der Waals surface area contributed by atoms with Crippen LogP contribution in [0.3, 0.4) is 0 Å². The summed E-state index contributed by atoms with van der Waals surface area (Å²) in [4.78, 5) is 23.8. The molecule has 0 aliphatic rings. The number of nitrogens with one attached hydrogen (secondary N) is 2. The lowest BCUT2D eigenvalue weighted by Crippen LogP contribution is -2.25. The van der Waals surface area contributed by atoms with Crippen LogP contribution in [0.4, 0.5) is 10.5 Å². The van der Waals surface area contributed by atoms with E-state index >= 15 is 0 Å². The van der Waals surface area contributed by atoms with Crippen molar-refractivity contribution in [1.29, 1.82) is 0 Å². The van der Waals surface area contributed by atoms with E-state index < -0.39 is 6.03 Å². The van der Waals surface area contributed by atoms with Crippen LogP contribution in [0.15, 0.2) is 41.8 Å². The first-order chi connectivity index (χ1) is 9.65. The number of rotatable bonds is 5. The van der Waals surface area contributed by atoms with Gasteiger partial charge in [0, 0.05) is 22.7 Å². The van der Waals surface area contributed by atoms with Crippen LogP contribution >= 0.6 is 11.3 Å². The maximum atomic E-state index is 11.9. The molecule has 0 saturated carbocycles. The van der Waals surface area contributed by atoms with E-state index in [4.69, 9.17) is 5.73 Å². The number of hydrogen-bond acceptors (Lipinski definition) is 3. The maximum Gasteiger partial charge on any atom is 0.316 e. The number of carbonyl (C=O) groups is 2. The molecule has 20 heavy (non-hydrogen) atoms. The predicted molar refractivity (Wildman–Crippen MR) is 80.0 cm³/mol. The van der Waals surface area contributed by atoms with Crippen molar-refractivity contribution in [2.75, 3.05) is 11.9 Å². The number of carbonyl (C=O) groups excluding carboxylic acids is 2. The summed E-state index contributed by atoms with van der Waals surface area (Å²) in [7, 11) is 0. The smallest absolute Gasteiger partial charge is 0.316 e. The molecule has 0 aliphatic heterocycles. The van der Waals surface area contributed by atoms with Crippen molar-refractivity contribution < 1.29 is 9.59 Å². The number of urea groups is 1. The van der Waals surface area contributed by atoms with E-state index in [0.717, 1.165) is 6.42 Å². The Labute approximate surface area is 120 Å². The minimum atomic E-state index is -0.627. The summed E-state index contributed by atoms with van der Waals surface area (Å²) in [6.45, 7) is 0.598. The lowest BCUT2D eigenvalue weighted by atomic mass is 10.2. The predicted octanol–water partition coefficient (Wildman–Crippen LogP) is 2.21. The molecule has 1 heterocycles. The molecule has 0 unspecified atom stereocenters. The fourth-order valence-electron chi connectivity index (χ4n) is 1.70. The Bertz CT molecular complexity index is 579. The zero-order valence-corrected chi connectivity index (χ0v) is 11.6. The van der Waals surface area contributed by atoms with Gasteiger partial charge in [-0.25, -0.2) is 4.79 Å². The van der Waals surface area contributed by atoms with Crippen LogP contribution in [0.2, 0.25) is 0 Å². The maximum absolute atomic E-state index is 11.9. The molecule has 1 aromatic heterocycles. The first kappa shape index (κ1) is 14.1. The molecular weight excluding hydrogens is 274 g/mol. The van der Waals surface area contributed by atoms with Gasteiger partial charge in [0.15, 0.2) is 0 Å². The second-order valence-corrected chi connectivity index (χ2v) is 5.18. The van der Waals surface area contributed by atoms with E-state index in [-0.39, 0.29) is 5.91 Å². The summed E-state index contributed by atoms with van der Waals surface area (Å²) >= 11 is 1.67. The Morgan fingerprint density at radius 1 is 1.15 bits per heavy atom. The molecule has 6 heteroatoms. The highest BCUT2D eigenvalue weighted by molar-refractivity contribution is 7.09. The summed E-state index contributed by atoms with van der Waals surface area (Å²) in [5, 5.41) is 7.31. The van der Waals surface area contributed by atoms with E-state index in [2.05, 4.69) is 10.6 Å². The van der Waals surface area contributed by atoms with E-state index in [1.54, 1.807) is 35.6 Å². The van der Waals surface area contributed by atoms with Gasteiger partial charge < -0.3 is 16.4 Å². The van der Waals surface area contributed by atoms with Crippen molar-refractivity contribution in [2.24, 2.45) is 5.73 Å². The second kappa shape index (κ2) is 6.72. The van der Waals surface area contributed by atoms with Gasteiger partial charge in [-0.2, -0.15) is 0 Å². The third-order valence-electron chi connectivity index (χ3n) is 2.65. The topological polar surface area (TPSA) is 84.2 Å². The van der Waals surface area contributed by atoms with Crippen LogP contribution in [0.25, 0.3) is 0 Å². The average molecular weight is 289 g/mol. The summed E-state index contributed by atoms with van der Waals surface area (Å²) in [6, 6.07) is 9.97. The highest BCUT2D eigenvalue weighted by Gasteiger charge is 2.05. The van der Waals surface area contributed by atoms with Crippen LogP contribution in [-0.4, -0.2) is 18.5 Å². The zero-order valence-electron chi connectivity index (χ0n) is 10.8. The Morgan fingerprint density at radius 2 is 1.90 bits per heavy atom. The number of benzene rings is 1. The molecular formula is C14H15N3O2S. The number of primary amides is 1. The molecule has 5 nitrogen and oxygen atoms in total. The molecule has 1 aromatic carbocycles. The SMILES string of the molecule is NC(=O)Nc1ccc(C(=O)NCCc2cccs2)cc1. The van der Waals surface area contributed by atoms with Gasteiger partial charge in [0.05, 0.1) is 0 Å². The highest BCUT2D eigenvalue weighted by Crippen LogP contribution is 2.10. The number of hydrogen-bond donors (Lipinski definition) is 3. The second-order valence-electron chi connectivity index (χ2n) is 4.15. The van der Waals surface area contributed by atoms with Crippen molar-refractivity contribution in [3.63, 3.8) is 0 Å². The van der Waals surface area contributed by atoms with Crippen molar-refractivity contribution >= 4 is 29.0 Å². The Morgan fingerprint density at radius 3 is 2.50 bits per heavy atom. The van der Waals surface area contributed by atoms with Gasteiger partial charge >= 0.3 is 6.03 Å². The van der Waals surface area contributed by atoms with Crippen molar-refractivity contribution in [3.8, 4) is 0 Å². The molecule has 0 bridgehead atoms. The number of amides is 3. The highest BCUT2D eigenvalue weighted by atomic mass is 32.1. The van der Waals surface area contributed by atoms with Gasteiger partial charge in [0.1, 0.15) is 0 Å². The van der Waals surface area contributed by atoms with Gasteiger partial charge in [-0.05, 0) is 42.1 Å². The molecule has 4 N–H and O–H groups in total. The lowest BCUT2D eigenvalue weighted by molar-refractivity contribution is 0.0954. The van der Waals surface area contributed by atoms with Gasteiger partial charge in [-0.3, -0.25) is 4.79 Å². The summed E-state index contributed by atoms with van der Waals surface area (Å²) in [6.07, 6.45) is 0.824. The van der Waals surface area contributed by atoms with Crippen LogP contribution in [0.1, 0.15) is 15.2 Å². The third-order valence-corrected chi connectivity index (χ3v) is 3.59. The third kappa shape index (κ3) is 4.10. The molecule has 0 spiro atoms. The Kier molecular flexibility index (Phi) is 4.73. The van der Waals surface area contributed by atoms with Gasteiger partial charge in [-0.15, -0.1) is 11.3 Å². The average Bonchev–Trinajstić information content (AvgIpc) is 2.92. The number of nitrogens with two attached hydrogens (primary N) is 1. The molecule has 0 saturated heterocycles. The molecule has 0 aliphatic carbocycles. The van der Waals surface area contributed by atoms with Crippen LogP contribution in [-0.2, 0) is 6.42 Å². The molecule has 0 radical (unpaired) electrons. The number of anilines is 1. The quantitative estimate of drug-likeness (QED) is 0.788. The number of thiophene rings is 1. The minimum absolute atomic E-state index is 0.132. The molecule has 2 aromatic rings. The molecule has 104 valence electrons. The van der Waals surface area contributed by atoms with Gasteiger partial charge in [-0.1, -0.05) is 6.07 Å². The standard InChI is InChI=1S/C14H15N3O2S/c15-14(19)17-11-5-3-10(4-6-11)13(18)16-8-7-12-2-1-9-20-12/h1-6,9H,7-8H2,(H,16,18)(H3,15,17,19). The Balaban J connectivity index is 1.84. The van der Waals surface area contributed by atoms with Crippen LogP contribution in [0, 0.1) is 0 Å². The van der Waals surface area contributed by atoms with Crippen molar-refractivity contribution in [1.82, 2.24) is 5.32 Å². The van der Waals surface area contributed by atoms with Crippen LogP contribution in [0.5, 0.6) is 0 Å². The molecule has 2 rings (SSSR count). The zero-order chi connectivity index (χ0) is 14.4. The summed E-state index contributed by atoms with van der Waals surface area (Å²) < 4.78 is 0. The fourth-order valence-corrected chi connectivity index (χ4v) is 2.41. The van der Waals surface area contributed by atoms with E-state index in [0.29, 0.717) is 17.8 Å². The molecule has 3 amide bonds. The van der Waals surface area contributed by atoms with Gasteiger partial charge in [0.25, 0.3) is 5.91 Å². The first-order valence-corrected chi connectivity index (χ1v) is 7.00. The van der Waals surface area contributed by atoms with Crippen molar-refractivity contribution in [2.45, 2.75) is 6.42 Å². The van der Waals surface area contributed by atoms with Crippen molar-refractivity contribution in [3.05, 3.63) is 52.2 Å². The van der Waals surface area contributed by atoms with Crippen LogP contribution < -0.4 is 16.4 Å². The first-order valence-electron chi connectivity index (χ1n) is 6.12. The van der Waals surface area contributed by atoms with Gasteiger partial charge in [0.2, 0.25) is 0 Å². The Hall–Kier alpha value is -2.34. The minimum Gasteiger partial charge on any atom is -0.352 e. The van der Waals surface area contributed by atoms with E-state index in [9.17, 15) is 9.59 Å². The normalized spacial score (nSPS) is 10.0. The molecule has 0 atom stereocenters. The lowest BCUT2D eigenvalue weighted by Gasteiger charge is -2.06. The van der Waals surface area contributed by atoms with E-state index in [1.807, 2.05) is 17.5 Å². The fraction of sp³-hybridized carbons (Fsp3) is 0.143. The monoisotopic (exact) mass is 289 g/mol. The largest absolute Gasteiger partial charge is 0.352 e. The van der Waals surface area contributed by atoms with E-state index in [1.165, 1.54) is 4.88 Å². The summed E-state index contributed by atoms with van der Waals surface area (Å²) in [5.41, 5.74) is 6.12. The summed E-state index contributed by atoms with van der Waals surface area (Å²) in [5.74, 6) is -0.132.